The Hall–Kier alpha value is -2.83. The molecule has 1 saturated heterocycles. The molecule has 0 atom stereocenters. The molecule has 1 amide bonds. The van der Waals surface area contributed by atoms with Crippen LogP contribution in [0.1, 0.15) is 42.3 Å². The average molecular weight is 397 g/mol. The number of amides is 1. The van der Waals surface area contributed by atoms with Gasteiger partial charge in [-0.1, -0.05) is 12.1 Å². The van der Waals surface area contributed by atoms with Crippen LogP contribution in [0.5, 0.6) is 0 Å². The van der Waals surface area contributed by atoms with E-state index < -0.39 is 0 Å². The lowest BCUT2D eigenvalue weighted by molar-refractivity contribution is -0.117. The van der Waals surface area contributed by atoms with Gasteiger partial charge < -0.3 is 15.5 Å². The van der Waals surface area contributed by atoms with E-state index in [9.17, 15) is 4.79 Å². The molecule has 2 aromatic rings. The maximum atomic E-state index is 11.9. The summed E-state index contributed by atoms with van der Waals surface area (Å²) in [7, 11) is 1.98. The number of hydrogen-bond acceptors (Lipinski definition) is 3. The molecule has 1 fully saturated rings. The summed E-state index contributed by atoms with van der Waals surface area (Å²) in [6, 6.07) is 8.14. The molecule has 0 unspecified atom stereocenters. The smallest absolute Gasteiger partial charge is 0.227 e. The zero-order chi connectivity index (χ0) is 20.8. The minimum Gasteiger partial charge on any atom is -0.357 e. The third-order valence-corrected chi connectivity index (χ3v) is 5.41. The van der Waals surface area contributed by atoms with Crippen LogP contribution in [0.25, 0.3) is 0 Å². The Morgan fingerprint density at radius 1 is 1.21 bits per heavy atom. The van der Waals surface area contributed by atoms with Gasteiger partial charge in [-0.15, -0.1) is 0 Å². The normalized spacial score (nSPS) is 14.6. The van der Waals surface area contributed by atoms with E-state index in [2.05, 4.69) is 48.6 Å². The number of hydrogen-bond donors (Lipinski definition) is 2. The van der Waals surface area contributed by atoms with Gasteiger partial charge in [-0.2, -0.15) is 5.10 Å². The van der Waals surface area contributed by atoms with E-state index >= 15 is 0 Å². The Morgan fingerprint density at radius 3 is 2.55 bits per heavy atom. The molecule has 3 rings (SSSR count). The molecule has 0 bridgehead atoms. The van der Waals surface area contributed by atoms with E-state index in [1.807, 2.05) is 28.8 Å². The Kier molecular flexibility index (Phi) is 6.90. The summed E-state index contributed by atoms with van der Waals surface area (Å²) in [6.45, 7) is 9.25. The Morgan fingerprint density at radius 2 is 1.97 bits per heavy atom. The highest BCUT2D eigenvalue weighted by molar-refractivity contribution is 5.95. The lowest BCUT2D eigenvalue weighted by atomic mass is 10.1. The molecule has 2 N–H and O–H groups in total. The maximum Gasteiger partial charge on any atom is 0.227 e. The van der Waals surface area contributed by atoms with Crippen molar-refractivity contribution in [3.63, 3.8) is 0 Å². The molecule has 1 aliphatic heterocycles. The molecule has 0 aliphatic carbocycles. The Bertz CT molecular complexity index is 868. The van der Waals surface area contributed by atoms with Crippen molar-refractivity contribution in [3.05, 3.63) is 46.8 Å². The summed E-state index contributed by atoms with van der Waals surface area (Å²) in [6.07, 6.45) is 2.51. The number of rotatable bonds is 7. The number of aliphatic imine (C=N–C) groups is 1. The topological polar surface area (TPSA) is 74.6 Å². The lowest BCUT2D eigenvalue weighted by Crippen LogP contribution is -2.38. The number of carbonyl (C=O) groups is 1. The van der Waals surface area contributed by atoms with Gasteiger partial charge >= 0.3 is 0 Å². The van der Waals surface area contributed by atoms with Gasteiger partial charge in [-0.3, -0.25) is 9.48 Å². The lowest BCUT2D eigenvalue weighted by Gasteiger charge is -2.16. The van der Waals surface area contributed by atoms with E-state index in [1.54, 1.807) is 0 Å². The first-order valence-electron chi connectivity index (χ1n) is 10.4. The maximum absolute atomic E-state index is 11.9. The van der Waals surface area contributed by atoms with Crippen LogP contribution in [0.15, 0.2) is 29.3 Å². The van der Waals surface area contributed by atoms with Gasteiger partial charge in [0.2, 0.25) is 5.91 Å². The quantitative estimate of drug-likeness (QED) is 0.557. The van der Waals surface area contributed by atoms with Crippen LogP contribution < -0.4 is 15.5 Å². The second kappa shape index (κ2) is 9.58. The fourth-order valence-electron chi connectivity index (χ4n) is 3.70. The summed E-state index contributed by atoms with van der Waals surface area (Å²) >= 11 is 0. The first-order chi connectivity index (χ1) is 14.0. The monoisotopic (exact) mass is 396 g/mol. The van der Waals surface area contributed by atoms with E-state index in [4.69, 9.17) is 4.99 Å². The van der Waals surface area contributed by atoms with Crippen molar-refractivity contribution in [1.82, 2.24) is 20.4 Å². The van der Waals surface area contributed by atoms with Crippen molar-refractivity contribution in [2.24, 2.45) is 12.0 Å². The third-order valence-electron chi connectivity index (χ3n) is 5.41. The molecule has 29 heavy (non-hydrogen) atoms. The summed E-state index contributed by atoms with van der Waals surface area (Å²) < 4.78 is 1.93. The van der Waals surface area contributed by atoms with Crippen molar-refractivity contribution in [1.29, 1.82) is 0 Å². The Balaban J connectivity index is 1.56. The number of aryl methyl sites for hydroxylation is 2. The zero-order valence-electron chi connectivity index (χ0n) is 18.0. The molecule has 0 spiro atoms. The van der Waals surface area contributed by atoms with Crippen LogP contribution in [0.4, 0.5) is 5.69 Å². The molecular formula is C22H32N6O. The molecule has 1 aromatic heterocycles. The van der Waals surface area contributed by atoms with Gasteiger partial charge in [-0.05, 0) is 56.9 Å². The molecule has 0 radical (unpaired) electrons. The number of nitrogens with one attached hydrogen (secondary N) is 2. The van der Waals surface area contributed by atoms with E-state index in [0.29, 0.717) is 13.0 Å². The van der Waals surface area contributed by atoms with Crippen LogP contribution in [-0.4, -0.2) is 41.3 Å². The van der Waals surface area contributed by atoms with E-state index in [0.717, 1.165) is 55.4 Å². The number of carbonyl (C=O) groups excluding carboxylic acids is 1. The fraction of sp³-hybridized carbons (Fsp3) is 0.500. The van der Waals surface area contributed by atoms with Crippen molar-refractivity contribution in [3.8, 4) is 0 Å². The number of aromatic nitrogens is 2. The van der Waals surface area contributed by atoms with Crippen LogP contribution in [0.2, 0.25) is 0 Å². The summed E-state index contributed by atoms with van der Waals surface area (Å²) in [5.74, 6) is 1.03. The van der Waals surface area contributed by atoms with Gasteiger partial charge in [0.05, 0.1) is 12.2 Å². The summed E-state index contributed by atoms with van der Waals surface area (Å²) in [4.78, 5) is 18.4. The number of guanidine groups is 1. The van der Waals surface area contributed by atoms with Crippen LogP contribution in [0.3, 0.4) is 0 Å². The second-order valence-corrected chi connectivity index (χ2v) is 7.46. The van der Waals surface area contributed by atoms with Crippen LogP contribution in [0, 0.1) is 13.8 Å². The van der Waals surface area contributed by atoms with E-state index in [1.165, 1.54) is 11.3 Å². The first kappa shape index (κ1) is 20.9. The summed E-state index contributed by atoms with van der Waals surface area (Å²) in [5, 5.41) is 11.2. The highest BCUT2D eigenvalue weighted by Gasteiger charge is 2.21. The van der Waals surface area contributed by atoms with Gasteiger partial charge in [0.15, 0.2) is 5.96 Å². The molecular weight excluding hydrogens is 364 g/mol. The molecule has 0 saturated carbocycles. The van der Waals surface area contributed by atoms with Crippen LogP contribution in [-0.2, 0) is 24.8 Å². The number of nitrogens with zero attached hydrogens (tertiary/aromatic N) is 4. The zero-order valence-corrected chi connectivity index (χ0v) is 18.0. The predicted octanol–water partition coefficient (Wildman–Crippen LogP) is 2.46. The van der Waals surface area contributed by atoms with Gasteiger partial charge in [0.1, 0.15) is 0 Å². The molecule has 1 aliphatic rings. The molecule has 2 heterocycles. The number of anilines is 1. The second-order valence-electron chi connectivity index (χ2n) is 7.46. The third kappa shape index (κ3) is 5.16. The van der Waals surface area contributed by atoms with Gasteiger partial charge in [-0.25, -0.2) is 4.99 Å². The van der Waals surface area contributed by atoms with Gasteiger partial charge in [0.25, 0.3) is 0 Å². The van der Waals surface area contributed by atoms with Crippen molar-refractivity contribution >= 4 is 17.6 Å². The molecule has 7 heteroatoms. The van der Waals surface area contributed by atoms with E-state index in [-0.39, 0.29) is 5.91 Å². The van der Waals surface area contributed by atoms with Crippen LogP contribution >= 0.6 is 0 Å². The largest absolute Gasteiger partial charge is 0.357 e. The average Bonchev–Trinajstić information content (AvgIpc) is 3.24. The minimum atomic E-state index is 0.216. The summed E-state index contributed by atoms with van der Waals surface area (Å²) in [5.41, 5.74) is 5.69. The minimum absolute atomic E-state index is 0.216. The number of benzene rings is 1. The van der Waals surface area contributed by atoms with Crippen molar-refractivity contribution in [2.45, 2.75) is 46.6 Å². The highest BCUT2D eigenvalue weighted by Crippen LogP contribution is 2.21. The SMILES string of the molecule is CCNC(=NCc1ccc(N2CCCC2=O)cc1)NCCc1c(C)nn(C)c1C. The predicted molar refractivity (Wildman–Crippen MR) is 117 cm³/mol. The van der Waals surface area contributed by atoms with Crippen molar-refractivity contribution < 1.29 is 4.79 Å². The highest BCUT2D eigenvalue weighted by atomic mass is 16.2. The first-order valence-corrected chi connectivity index (χ1v) is 10.4. The molecule has 1 aromatic carbocycles. The molecule has 7 nitrogen and oxygen atoms in total. The fourth-order valence-corrected chi connectivity index (χ4v) is 3.70. The molecule has 156 valence electrons. The van der Waals surface area contributed by atoms with Gasteiger partial charge in [0, 0.05) is 44.5 Å². The van der Waals surface area contributed by atoms with Crippen molar-refractivity contribution in [2.75, 3.05) is 24.5 Å². The standard InChI is InChI=1S/C22H32N6O/c1-5-23-22(24-13-12-20-16(2)26-27(4)17(20)3)25-15-18-8-10-19(11-9-18)28-14-6-7-21(28)29/h8-11H,5-7,12-15H2,1-4H3,(H2,23,24,25). The Labute approximate surface area is 173 Å².